The zero-order chi connectivity index (χ0) is 18.4. The molecule has 2 N–H and O–H groups in total. The summed E-state index contributed by atoms with van der Waals surface area (Å²) < 4.78 is 10.7. The van der Waals surface area contributed by atoms with Gasteiger partial charge in [0.05, 0.1) is 26.4 Å². The Balaban J connectivity index is 1.77. The third-order valence-electron chi connectivity index (χ3n) is 4.60. The van der Waals surface area contributed by atoms with E-state index in [4.69, 9.17) is 9.47 Å². The molecule has 0 bridgehead atoms. The number of methoxy groups -OCH3 is 1. The monoisotopic (exact) mass is 354 g/mol. The lowest BCUT2D eigenvalue weighted by atomic mass is 9.97. The molecule has 3 rings (SSSR count). The maximum Gasteiger partial charge on any atom is 0.222 e. The fraction of sp³-hybridized carbons (Fsp3) is 0.381. The van der Waals surface area contributed by atoms with Crippen LogP contribution in [0.15, 0.2) is 48.5 Å². The molecule has 1 fully saturated rings. The van der Waals surface area contributed by atoms with Crippen molar-refractivity contribution in [2.24, 2.45) is 0 Å². The number of aryl methyl sites for hydroxylation is 1. The average Bonchev–Trinajstić information content (AvgIpc) is 2.68. The molecule has 26 heavy (non-hydrogen) atoms. The van der Waals surface area contributed by atoms with Crippen molar-refractivity contribution in [1.29, 1.82) is 0 Å². The van der Waals surface area contributed by atoms with E-state index in [0.29, 0.717) is 19.6 Å². The van der Waals surface area contributed by atoms with E-state index in [-0.39, 0.29) is 18.0 Å². The standard InChI is InChI=1S/C21H26N2O3/c1-15-3-5-16(6-4-15)21(17-7-9-19(25-2)10-8-17)23-20(24)13-18-14-26-12-11-22-18/h3-10,18,21-22H,11-14H2,1-2H3,(H,23,24). The number of rotatable bonds is 6. The lowest BCUT2D eigenvalue weighted by Gasteiger charge is -2.25. The average molecular weight is 354 g/mol. The van der Waals surface area contributed by atoms with Gasteiger partial charge < -0.3 is 20.1 Å². The number of benzene rings is 2. The van der Waals surface area contributed by atoms with Gasteiger partial charge >= 0.3 is 0 Å². The summed E-state index contributed by atoms with van der Waals surface area (Å²) in [6.45, 7) is 4.12. The van der Waals surface area contributed by atoms with Crippen LogP contribution in [0.4, 0.5) is 0 Å². The maximum atomic E-state index is 12.6. The molecule has 2 aromatic rings. The van der Waals surface area contributed by atoms with Crippen LogP contribution in [0, 0.1) is 6.92 Å². The van der Waals surface area contributed by atoms with Crippen LogP contribution in [0.3, 0.4) is 0 Å². The van der Waals surface area contributed by atoms with Crippen molar-refractivity contribution in [2.45, 2.75) is 25.4 Å². The van der Waals surface area contributed by atoms with Gasteiger partial charge in [-0.3, -0.25) is 4.79 Å². The van der Waals surface area contributed by atoms with Gasteiger partial charge in [-0.05, 0) is 30.2 Å². The summed E-state index contributed by atoms with van der Waals surface area (Å²) >= 11 is 0. The summed E-state index contributed by atoms with van der Waals surface area (Å²) in [5.41, 5.74) is 3.27. The summed E-state index contributed by atoms with van der Waals surface area (Å²) in [6, 6.07) is 15.9. The predicted octanol–water partition coefficient (Wildman–Crippen LogP) is 2.59. The Morgan fingerprint density at radius 1 is 1.19 bits per heavy atom. The summed E-state index contributed by atoms with van der Waals surface area (Å²) in [7, 11) is 1.65. The number of carbonyl (C=O) groups excluding carboxylic acids is 1. The zero-order valence-electron chi connectivity index (χ0n) is 15.3. The van der Waals surface area contributed by atoms with Crippen LogP contribution in [0.1, 0.15) is 29.2 Å². The molecule has 0 radical (unpaired) electrons. The van der Waals surface area contributed by atoms with Crippen molar-refractivity contribution >= 4 is 5.91 Å². The highest BCUT2D eigenvalue weighted by Gasteiger charge is 2.21. The molecule has 0 aliphatic carbocycles. The second kappa shape index (κ2) is 8.83. The van der Waals surface area contributed by atoms with Crippen LogP contribution in [-0.2, 0) is 9.53 Å². The smallest absolute Gasteiger partial charge is 0.222 e. The van der Waals surface area contributed by atoms with E-state index >= 15 is 0 Å². The van der Waals surface area contributed by atoms with Gasteiger partial charge in [0.25, 0.3) is 0 Å². The van der Waals surface area contributed by atoms with Gasteiger partial charge in [0, 0.05) is 19.0 Å². The van der Waals surface area contributed by atoms with E-state index in [9.17, 15) is 4.79 Å². The summed E-state index contributed by atoms with van der Waals surface area (Å²) in [5.74, 6) is 0.806. The van der Waals surface area contributed by atoms with Crippen LogP contribution in [0.2, 0.25) is 0 Å². The third-order valence-corrected chi connectivity index (χ3v) is 4.60. The quantitative estimate of drug-likeness (QED) is 0.837. The molecule has 1 aliphatic heterocycles. The van der Waals surface area contributed by atoms with Gasteiger partial charge in [-0.15, -0.1) is 0 Å². The molecule has 1 saturated heterocycles. The second-order valence-electron chi connectivity index (χ2n) is 6.61. The van der Waals surface area contributed by atoms with Crippen LogP contribution in [0.5, 0.6) is 5.75 Å². The van der Waals surface area contributed by atoms with Crippen LogP contribution >= 0.6 is 0 Å². The SMILES string of the molecule is COc1ccc(C(NC(=O)CC2COCCN2)c2ccc(C)cc2)cc1. The number of hydrogen-bond acceptors (Lipinski definition) is 4. The number of amides is 1. The first-order chi connectivity index (χ1) is 12.7. The Morgan fingerprint density at radius 3 is 2.42 bits per heavy atom. The first kappa shape index (κ1) is 18.4. The van der Waals surface area contributed by atoms with Gasteiger partial charge in [-0.2, -0.15) is 0 Å². The number of nitrogens with one attached hydrogen (secondary N) is 2. The maximum absolute atomic E-state index is 12.6. The van der Waals surface area contributed by atoms with Crippen molar-refractivity contribution in [3.63, 3.8) is 0 Å². The number of ether oxygens (including phenoxy) is 2. The molecular formula is C21H26N2O3. The Bertz CT molecular complexity index is 707. The molecule has 2 atom stereocenters. The molecule has 1 aliphatic rings. The topological polar surface area (TPSA) is 59.6 Å². The Labute approximate surface area is 154 Å². The van der Waals surface area contributed by atoms with Crippen molar-refractivity contribution in [3.8, 4) is 5.75 Å². The lowest BCUT2D eigenvalue weighted by Crippen LogP contribution is -2.44. The van der Waals surface area contributed by atoms with Gasteiger partial charge in [-0.1, -0.05) is 42.0 Å². The minimum absolute atomic E-state index is 0.00870. The normalized spacial score (nSPS) is 18.2. The van der Waals surface area contributed by atoms with Gasteiger partial charge in [0.15, 0.2) is 0 Å². The largest absolute Gasteiger partial charge is 0.497 e. The van der Waals surface area contributed by atoms with Crippen LogP contribution in [-0.4, -0.2) is 38.8 Å². The minimum Gasteiger partial charge on any atom is -0.497 e. The molecule has 0 aromatic heterocycles. The van der Waals surface area contributed by atoms with E-state index in [2.05, 4.69) is 41.8 Å². The van der Waals surface area contributed by atoms with Gasteiger partial charge in [-0.25, -0.2) is 0 Å². The third kappa shape index (κ3) is 4.84. The molecule has 5 heteroatoms. The van der Waals surface area contributed by atoms with Gasteiger partial charge in [0.2, 0.25) is 5.91 Å². The van der Waals surface area contributed by atoms with Crippen molar-refractivity contribution in [2.75, 3.05) is 26.9 Å². The predicted molar refractivity (Wildman–Crippen MR) is 101 cm³/mol. The van der Waals surface area contributed by atoms with E-state index in [1.54, 1.807) is 7.11 Å². The molecule has 5 nitrogen and oxygen atoms in total. The van der Waals surface area contributed by atoms with Crippen LogP contribution in [0.25, 0.3) is 0 Å². The number of carbonyl (C=O) groups is 1. The van der Waals surface area contributed by atoms with E-state index in [1.807, 2.05) is 24.3 Å². The van der Waals surface area contributed by atoms with Crippen molar-refractivity contribution in [3.05, 3.63) is 65.2 Å². The highest BCUT2D eigenvalue weighted by molar-refractivity contribution is 5.77. The number of hydrogen-bond donors (Lipinski definition) is 2. The highest BCUT2D eigenvalue weighted by Crippen LogP contribution is 2.25. The van der Waals surface area contributed by atoms with Crippen LogP contribution < -0.4 is 15.4 Å². The minimum atomic E-state index is -0.196. The molecule has 0 spiro atoms. The lowest BCUT2D eigenvalue weighted by molar-refractivity contribution is -0.122. The summed E-state index contributed by atoms with van der Waals surface area (Å²) in [4.78, 5) is 12.6. The molecule has 1 heterocycles. The van der Waals surface area contributed by atoms with E-state index < -0.39 is 0 Å². The Hall–Kier alpha value is -2.37. The fourth-order valence-corrected chi connectivity index (χ4v) is 3.11. The summed E-state index contributed by atoms with van der Waals surface area (Å²) in [5, 5.41) is 6.50. The first-order valence-electron chi connectivity index (χ1n) is 8.96. The van der Waals surface area contributed by atoms with E-state index in [1.165, 1.54) is 5.56 Å². The van der Waals surface area contributed by atoms with E-state index in [0.717, 1.165) is 23.4 Å². The molecule has 138 valence electrons. The molecule has 0 saturated carbocycles. The molecular weight excluding hydrogens is 328 g/mol. The highest BCUT2D eigenvalue weighted by atomic mass is 16.5. The molecule has 1 amide bonds. The zero-order valence-corrected chi connectivity index (χ0v) is 15.3. The summed E-state index contributed by atoms with van der Waals surface area (Å²) in [6.07, 6.45) is 0.401. The Morgan fingerprint density at radius 2 is 1.85 bits per heavy atom. The fourth-order valence-electron chi connectivity index (χ4n) is 3.11. The molecule has 2 aromatic carbocycles. The second-order valence-corrected chi connectivity index (χ2v) is 6.61. The number of morpholine rings is 1. The first-order valence-corrected chi connectivity index (χ1v) is 8.96. The van der Waals surface area contributed by atoms with Crippen molar-refractivity contribution in [1.82, 2.24) is 10.6 Å². The molecule has 2 unspecified atom stereocenters. The van der Waals surface area contributed by atoms with Crippen molar-refractivity contribution < 1.29 is 14.3 Å². The Kier molecular flexibility index (Phi) is 6.26. The van der Waals surface area contributed by atoms with Gasteiger partial charge in [0.1, 0.15) is 5.75 Å².